The van der Waals surface area contributed by atoms with Crippen molar-refractivity contribution in [1.82, 2.24) is 19.5 Å². The number of carbonyl (C=O) groups excluding carboxylic acids is 1. The van der Waals surface area contributed by atoms with Gasteiger partial charge in [-0.2, -0.15) is 0 Å². The maximum Gasteiger partial charge on any atom is 0.335 e. The fraction of sp³-hybridized carbons (Fsp3) is 0.321. The van der Waals surface area contributed by atoms with Gasteiger partial charge in [-0.3, -0.25) is 9.36 Å². The number of aromatic nitrogens is 4. The molecule has 2 aromatic heterocycles. The summed E-state index contributed by atoms with van der Waals surface area (Å²) in [5.74, 6) is -1.44. The van der Waals surface area contributed by atoms with Gasteiger partial charge in [-0.1, -0.05) is 41.9 Å². The van der Waals surface area contributed by atoms with Gasteiger partial charge in [0.1, 0.15) is 12.4 Å². The van der Waals surface area contributed by atoms with Crippen LogP contribution in [0.3, 0.4) is 0 Å². The Labute approximate surface area is 234 Å². The summed E-state index contributed by atoms with van der Waals surface area (Å²) in [6.07, 6.45) is 0.224. The number of nitrogens with zero attached hydrogens (tertiary/aromatic N) is 4. The summed E-state index contributed by atoms with van der Waals surface area (Å²) in [7, 11) is 0. The van der Waals surface area contributed by atoms with E-state index in [2.05, 4.69) is 20.3 Å². The molecule has 208 valence electrons. The number of anilines is 1. The van der Waals surface area contributed by atoms with E-state index in [1.165, 1.54) is 44.1 Å². The fourth-order valence-corrected chi connectivity index (χ4v) is 5.38. The number of alkyl halides is 1. The Morgan fingerprint density at radius 3 is 2.62 bits per heavy atom. The molecule has 4 aromatic rings. The molecular weight excluding hydrogens is 541 g/mol. The van der Waals surface area contributed by atoms with E-state index in [0.717, 1.165) is 5.56 Å². The molecule has 0 aliphatic carbocycles. The lowest BCUT2D eigenvalue weighted by molar-refractivity contribution is -0.174. The van der Waals surface area contributed by atoms with Crippen molar-refractivity contribution in [1.29, 1.82) is 0 Å². The number of rotatable bonds is 7. The minimum Gasteiger partial charge on any atom is -0.478 e. The van der Waals surface area contributed by atoms with E-state index < -0.39 is 35.5 Å². The maximum absolute atomic E-state index is 17.0. The first kappa shape index (κ1) is 27.5. The third-order valence-corrected chi connectivity index (χ3v) is 7.83. The Morgan fingerprint density at radius 1 is 1.18 bits per heavy atom. The Bertz CT molecular complexity index is 1630. The number of hydrogen-bond donors (Lipinski definition) is 2. The average molecular weight is 568 g/mol. The first-order chi connectivity index (χ1) is 19.0. The molecule has 1 aliphatic rings. The lowest BCUT2D eigenvalue weighted by atomic mass is 9.80. The van der Waals surface area contributed by atoms with Crippen molar-refractivity contribution in [3.63, 3.8) is 0 Å². The molecule has 1 saturated heterocycles. The summed E-state index contributed by atoms with van der Waals surface area (Å²) >= 11 is 6.28. The van der Waals surface area contributed by atoms with E-state index in [9.17, 15) is 14.7 Å². The highest BCUT2D eigenvalue weighted by atomic mass is 35.5. The predicted octanol–water partition coefficient (Wildman–Crippen LogP) is 5.42. The highest BCUT2D eigenvalue weighted by Gasteiger charge is 2.67. The van der Waals surface area contributed by atoms with Gasteiger partial charge < -0.3 is 19.9 Å². The minimum atomic E-state index is -2.31. The van der Waals surface area contributed by atoms with Crippen LogP contribution in [0.25, 0.3) is 11.2 Å². The molecule has 0 bridgehead atoms. The Morgan fingerprint density at radius 2 is 1.93 bits per heavy atom. The summed E-state index contributed by atoms with van der Waals surface area (Å²) < 4.78 is 30.3. The summed E-state index contributed by atoms with van der Waals surface area (Å²) in [5.41, 5.74) is -1.84. The van der Waals surface area contributed by atoms with Gasteiger partial charge in [0, 0.05) is 18.5 Å². The van der Waals surface area contributed by atoms with Crippen LogP contribution in [0.15, 0.2) is 55.1 Å². The van der Waals surface area contributed by atoms with E-state index in [1.54, 1.807) is 25.1 Å². The molecule has 5 rings (SSSR count). The topological polar surface area (TPSA) is 128 Å². The SMILES string of the molecule is CC(=O)O[C@@]1(C)[C@@H](c2cccc(C(=O)O)c2C)O[C@@H](n2cnc3c(NCc4ccccc4Cl)ncnc32)[C@]1(C)F. The molecule has 0 radical (unpaired) electrons. The number of carboxylic acid groups (broad SMARTS) is 1. The second kappa shape index (κ2) is 10.1. The zero-order chi connectivity index (χ0) is 28.8. The number of ether oxygens (including phenoxy) is 2. The van der Waals surface area contributed by atoms with Crippen LogP contribution in [0, 0.1) is 6.92 Å². The van der Waals surface area contributed by atoms with Crippen molar-refractivity contribution in [2.75, 3.05) is 5.32 Å². The van der Waals surface area contributed by atoms with Crippen molar-refractivity contribution in [2.24, 2.45) is 0 Å². The van der Waals surface area contributed by atoms with Crippen molar-refractivity contribution < 1.29 is 28.6 Å². The molecule has 2 N–H and O–H groups in total. The molecule has 3 heterocycles. The zero-order valence-corrected chi connectivity index (χ0v) is 22.9. The van der Waals surface area contributed by atoms with Gasteiger partial charge in [0.05, 0.1) is 11.9 Å². The van der Waals surface area contributed by atoms with Crippen molar-refractivity contribution in [2.45, 2.75) is 57.8 Å². The van der Waals surface area contributed by atoms with Crippen LogP contribution in [0.4, 0.5) is 10.2 Å². The molecule has 0 saturated carbocycles. The van der Waals surface area contributed by atoms with Gasteiger partial charge in [-0.25, -0.2) is 24.1 Å². The van der Waals surface area contributed by atoms with Gasteiger partial charge in [0.25, 0.3) is 0 Å². The maximum atomic E-state index is 17.0. The Balaban J connectivity index is 1.57. The fourth-order valence-electron chi connectivity index (χ4n) is 5.18. The lowest BCUT2D eigenvalue weighted by Gasteiger charge is -2.37. The third-order valence-electron chi connectivity index (χ3n) is 7.46. The number of benzene rings is 2. The first-order valence-electron chi connectivity index (χ1n) is 12.5. The summed E-state index contributed by atoms with van der Waals surface area (Å²) in [6, 6.07) is 12.0. The van der Waals surface area contributed by atoms with Crippen LogP contribution < -0.4 is 5.32 Å². The van der Waals surface area contributed by atoms with E-state index in [1.807, 2.05) is 18.2 Å². The van der Waals surface area contributed by atoms with Gasteiger partial charge >= 0.3 is 11.9 Å². The van der Waals surface area contributed by atoms with Crippen LogP contribution in [-0.2, 0) is 20.8 Å². The molecule has 40 heavy (non-hydrogen) atoms. The molecular formula is C28H27ClFN5O5. The molecule has 1 aliphatic heterocycles. The molecule has 12 heteroatoms. The van der Waals surface area contributed by atoms with Crippen LogP contribution >= 0.6 is 11.6 Å². The molecule has 0 spiro atoms. The van der Waals surface area contributed by atoms with E-state index in [0.29, 0.717) is 34.0 Å². The third kappa shape index (κ3) is 4.44. The van der Waals surface area contributed by atoms with E-state index in [-0.39, 0.29) is 11.2 Å². The van der Waals surface area contributed by atoms with Crippen LogP contribution in [-0.4, -0.2) is 47.8 Å². The molecule has 4 atom stereocenters. The standard InChI is InChI=1S/C28H27ClFN5O5/c1-15-18(9-7-10-19(15)25(37)38)22-28(4,40-16(2)36)27(3,30)26(39-22)35-14-34-21-23(32-13-33-24(21)35)31-12-17-8-5-6-11-20(17)29/h5-11,13-14,22,26H,12H2,1-4H3,(H,37,38)(H,31,32,33)/t22-,26-,27+,28+/m1/s1. The Kier molecular flexibility index (Phi) is 6.97. The molecule has 1 fully saturated rings. The quantitative estimate of drug-likeness (QED) is 0.281. The number of esters is 1. The molecule has 10 nitrogen and oxygen atoms in total. The zero-order valence-electron chi connectivity index (χ0n) is 22.2. The molecule has 2 aromatic carbocycles. The van der Waals surface area contributed by atoms with Gasteiger partial charge in [0.15, 0.2) is 34.5 Å². The second-order valence-electron chi connectivity index (χ2n) is 9.96. The predicted molar refractivity (Wildman–Crippen MR) is 145 cm³/mol. The highest BCUT2D eigenvalue weighted by molar-refractivity contribution is 6.31. The number of halogens is 2. The highest BCUT2D eigenvalue weighted by Crippen LogP contribution is 2.57. The first-order valence-corrected chi connectivity index (χ1v) is 12.8. The number of nitrogens with one attached hydrogen (secondary N) is 1. The van der Waals surface area contributed by atoms with E-state index in [4.69, 9.17) is 21.1 Å². The molecule has 0 amide bonds. The van der Waals surface area contributed by atoms with Crippen LogP contribution in [0.5, 0.6) is 0 Å². The summed E-state index contributed by atoms with van der Waals surface area (Å²) in [4.78, 5) is 37.1. The minimum absolute atomic E-state index is 0.0327. The monoisotopic (exact) mass is 567 g/mol. The van der Waals surface area contributed by atoms with E-state index >= 15 is 4.39 Å². The number of carboxylic acids is 1. The average Bonchev–Trinajstić information content (AvgIpc) is 3.40. The molecule has 0 unspecified atom stereocenters. The van der Waals surface area contributed by atoms with Gasteiger partial charge in [0.2, 0.25) is 0 Å². The number of hydrogen-bond acceptors (Lipinski definition) is 8. The Hall–Kier alpha value is -4.09. The summed E-state index contributed by atoms with van der Waals surface area (Å²) in [6.45, 7) is 5.88. The lowest BCUT2D eigenvalue weighted by Crippen LogP contribution is -2.51. The van der Waals surface area contributed by atoms with Crippen molar-refractivity contribution in [3.05, 3.63) is 82.4 Å². The number of fused-ring (bicyclic) bond motifs is 1. The largest absolute Gasteiger partial charge is 0.478 e. The van der Waals surface area contributed by atoms with Crippen LogP contribution in [0.1, 0.15) is 60.2 Å². The van der Waals surface area contributed by atoms with Gasteiger partial charge in [-0.05, 0) is 49.6 Å². The number of carbonyl (C=O) groups is 2. The normalized spacial score (nSPS) is 24.2. The number of aromatic carboxylic acids is 1. The summed E-state index contributed by atoms with van der Waals surface area (Å²) in [5, 5.41) is 13.4. The smallest absolute Gasteiger partial charge is 0.335 e. The second-order valence-corrected chi connectivity index (χ2v) is 10.4. The van der Waals surface area contributed by atoms with Crippen molar-refractivity contribution in [3.8, 4) is 0 Å². The number of imidazole rings is 1. The van der Waals surface area contributed by atoms with Crippen LogP contribution in [0.2, 0.25) is 5.02 Å². The van der Waals surface area contributed by atoms with Gasteiger partial charge in [-0.15, -0.1) is 0 Å². The van der Waals surface area contributed by atoms with Crippen molar-refractivity contribution >= 4 is 40.5 Å².